The minimum Gasteiger partial charge on any atom is -0.497 e. The van der Waals surface area contributed by atoms with Gasteiger partial charge in [0.1, 0.15) is 5.75 Å². The number of amides is 1. The molecule has 0 radical (unpaired) electrons. The highest BCUT2D eigenvalue weighted by atomic mass is 16.5. The van der Waals surface area contributed by atoms with Gasteiger partial charge in [-0.1, -0.05) is 42.5 Å². The van der Waals surface area contributed by atoms with Crippen LogP contribution < -0.4 is 4.74 Å². The summed E-state index contributed by atoms with van der Waals surface area (Å²) in [6.45, 7) is 0. The van der Waals surface area contributed by atoms with E-state index < -0.39 is 0 Å². The Balaban J connectivity index is 1.57. The number of carbonyl (C=O) groups excluding carboxylic acids is 1. The molecule has 152 valence electrons. The predicted molar refractivity (Wildman–Crippen MR) is 119 cm³/mol. The molecule has 0 fully saturated rings. The van der Waals surface area contributed by atoms with Crippen LogP contribution in [0, 0.1) is 0 Å². The molecule has 31 heavy (non-hydrogen) atoms. The number of hydrogen-bond donors (Lipinski definition) is 0. The molecule has 2 heterocycles. The zero-order chi connectivity index (χ0) is 21.2. The molecule has 4 aromatic rings. The van der Waals surface area contributed by atoms with Crippen molar-refractivity contribution in [2.24, 2.45) is 5.10 Å². The SMILES string of the molecule is COc1cccc(C(=O)N2N=C(c3ccccc3)C[C@H]2c2ccc3nccnc3c2)c1. The van der Waals surface area contributed by atoms with Crippen molar-refractivity contribution in [2.75, 3.05) is 7.11 Å². The average molecular weight is 408 g/mol. The number of carbonyl (C=O) groups is 1. The zero-order valence-electron chi connectivity index (χ0n) is 17.0. The Labute approximate surface area is 179 Å². The van der Waals surface area contributed by atoms with Gasteiger partial charge in [-0.3, -0.25) is 14.8 Å². The Morgan fingerprint density at radius 3 is 2.55 bits per heavy atom. The van der Waals surface area contributed by atoms with Crippen molar-refractivity contribution in [3.05, 3.63) is 102 Å². The van der Waals surface area contributed by atoms with E-state index in [1.807, 2.05) is 60.7 Å². The summed E-state index contributed by atoms with van der Waals surface area (Å²) in [5.74, 6) is 0.462. The lowest BCUT2D eigenvalue weighted by Gasteiger charge is -2.22. The molecule has 1 aliphatic heterocycles. The molecule has 1 aliphatic rings. The van der Waals surface area contributed by atoms with Crippen LogP contribution in [0.3, 0.4) is 0 Å². The summed E-state index contributed by atoms with van der Waals surface area (Å²) in [4.78, 5) is 22.2. The van der Waals surface area contributed by atoms with Crippen molar-refractivity contribution < 1.29 is 9.53 Å². The van der Waals surface area contributed by atoms with Gasteiger partial charge in [0.2, 0.25) is 0 Å². The van der Waals surface area contributed by atoms with Crippen LogP contribution in [0.2, 0.25) is 0 Å². The summed E-state index contributed by atoms with van der Waals surface area (Å²) < 4.78 is 5.30. The highest BCUT2D eigenvalue weighted by Crippen LogP contribution is 2.35. The van der Waals surface area contributed by atoms with E-state index >= 15 is 0 Å². The topological polar surface area (TPSA) is 67.7 Å². The molecule has 0 saturated heterocycles. The second-order valence-corrected chi connectivity index (χ2v) is 7.32. The highest BCUT2D eigenvalue weighted by Gasteiger charge is 2.34. The third-order valence-electron chi connectivity index (χ3n) is 5.42. The predicted octanol–water partition coefficient (Wildman–Crippen LogP) is 4.63. The van der Waals surface area contributed by atoms with Crippen LogP contribution in [0.4, 0.5) is 0 Å². The molecular weight excluding hydrogens is 388 g/mol. The number of nitrogens with zero attached hydrogens (tertiary/aromatic N) is 4. The monoisotopic (exact) mass is 408 g/mol. The van der Waals surface area contributed by atoms with Gasteiger partial charge in [0.05, 0.1) is 29.9 Å². The number of aromatic nitrogens is 2. The van der Waals surface area contributed by atoms with Gasteiger partial charge in [0.25, 0.3) is 5.91 Å². The molecule has 6 nitrogen and oxygen atoms in total. The van der Waals surface area contributed by atoms with Gasteiger partial charge in [0.15, 0.2) is 0 Å². The van der Waals surface area contributed by atoms with Crippen molar-refractivity contribution in [3.8, 4) is 5.75 Å². The summed E-state index contributed by atoms with van der Waals surface area (Å²) in [6.07, 6.45) is 3.96. The van der Waals surface area contributed by atoms with E-state index in [2.05, 4.69) is 9.97 Å². The summed E-state index contributed by atoms with van der Waals surface area (Å²) in [6, 6.07) is 22.8. The minimum atomic E-state index is -0.236. The van der Waals surface area contributed by atoms with E-state index in [9.17, 15) is 4.79 Å². The highest BCUT2D eigenvalue weighted by molar-refractivity contribution is 6.05. The number of fused-ring (bicyclic) bond motifs is 1. The van der Waals surface area contributed by atoms with Crippen LogP contribution in [0.5, 0.6) is 5.75 Å². The standard InChI is InChI=1S/C25H20N4O2/c1-31-20-9-5-8-19(14-20)25(30)29-24(16-22(28-29)17-6-3-2-4-7-17)18-10-11-21-23(15-18)27-13-12-26-21/h2-15,24H,16H2,1H3/t24-/m0/s1. The summed E-state index contributed by atoms with van der Waals surface area (Å²) in [5, 5.41) is 6.33. The fourth-order valence-corrected chi connectivity index (χ4v) is 3.84. The first-order chi connectivity index (χ1) is 15.2. The first-order valence-electron chi connectivity index (χ1n) is 10.0. The third-order valence-corrected chi connectivity index (χ3v) is 5.42. The normalized spacial score (nSPS) is 15.7. The maximum atomic E-state index is 13.5. The van der Waals surface area contributed by atoms with Crippen LogP contribution in [0.25, 0.3) is 11.0 Å². The molecular formula is C25H20N4O2. The second kappa shape index (κ2) is 7.99. The largest absolute Gasteiger partial charge is 0.497 e. The molecule has 3 aromatic carbocycles. The molecule has 0 bridgehead atoms. The molecule has 1 atom stereocenters. The van der Waals surface area contributed by atoms with E-state index in [4.69, 9.17) is 9.84 Å². The van der Waals surface area contributed by atoms with Crippen molar-refractivity contribution in [1.29, 1.82) is 0 Å². The Morgan fingerprint density at radius 2 is 1.74 bits per heavy atom. The number of methoxy groups -OCH3 is 1. The number of rotatable bonds is 4. The van der Waals surface area contributed by atoms with Gasteiger partial charge in [-0.15, -0.1) is 0 Å². The molecule has 0 N–H and O–H groups in total. The lowest BCUT2D eigenvalue weighted by molar-refractivity contribution is 0.0711. The average Bonchev–Trinajstić information content (AvgIpc) is 3.29. The smallest absolute Gasteiger partial charge is 0.274 e. The number of benzene rings is 3. The van der Waals surface area contributed by atoms with Crippen molar-refractivity contribution in [1.82, 2.24) is 15.0 Å². The maximum absolute atomic E-state index is 13.5. The molecule has 0 unspecified atom stereocenters. The van der Waals surface area contributed by atoms with Crippen molar-refractivity contribution in [3.63, 3.8) is 0 Å². The summed E-state index contributed by atoms with van der Waals surface area (Å²) in [5.41, 5.74) is 5.00. The fraction of sp³-hybridized carbons (Fsp3) is 0.120. The Morgan fingerprint density at radius 1 is 0.935 bits per heavy atom. The molecule has 5 rings (SSSR count). The lowest BCUT2D eigenvalue weighted by atomic mass is 9.97. The fourth-order valence-electron chi connectivity index (χ4n) is 3.84. The molecule has 0 aliphatic carbocycles. The summed E-state index contributed by atoms with van der Waals surface area (Å²) in [7, 11) is 1.59. The molecule has 1 aromatic heterocycles. The van der Waals surface area contributed by atoms with Gasteiger partial charge in [0, 0.05) is 24.4 Å². The first kappa shape index (κ1) is 18.9. The van der Waals surface area contributed by atoms with Gasteiger partial charge in [-0.25, -0.2) is 5.01 Å². The lowest BCUT2D eigenvalue weighted by Crippen LogP contribution is -2.27. The van der Waals surface area contributed by atoms with Gasteiger partial charge >= 0.3 is 0 Å². The van der Waals surface area contributed by atoms with Gasteiger partial charge in [-0.2, -0.15) is 5.10 Å². The molecule has 1 amide bonds. The van der Waals surface area contributed by atoms with Crippen LogP contribution in [0.15, 0.2) is 90.3 Å². The number of ether oxygens (including phenoxy) is 1. The van der Waals surface area contributed by atoms with Crippen molar-refractivity contribution >= 4 is 22.7 Å². The molecule has 0 saturated carbocycles. The third kappa shape index (κ3) is 3.64. The van der Waals surface area contributed by atoms with E-state index in [0.717, 1.165) is 27.9 Å². The van der Waals surface area contributed by atoms with Crippen LogP contribution in [0.1, 0.15) is 33.9 Å². The maximum Gasteiger partial charge on any atom is 0.274 e. The van der Waals surface area contributed by atoms with E-state index in [0.29, 0.717) is 17.7 Å². The molecule has 0 spiro atoms. The van der Waals surface area contributed by atoms with E-state index in [1.165, 1.54) is 0 Å². The Kier molecular flexibility index (Phi) is 4.88. The van der Waals surface area contributed by atoms with Crippen LogP contribution >= 0.6 is 0 Å². The molecule has 6 heteroatoms. The minimum absolute atomic E-state index is 0.172. The number of hydrazone groups is 1. The number of hydrogen-bond acceptors (Lipinski definition) is 5. The Bertz CT molecular complexity index is 1290. The second-order valence-electron chi connectivity index (χ2n) is 7.32. The zero-order valence-corrected chi connectivity index (χ0v) is 17.0. The van der Waals surface area contributed by atoms with Crippen LogP contribution in [-0.2, 0) is 0 Å². The Hall–Kier alpha value is -4.06. The van der Waals surface area contributed by atoms with Crippen LogP contribution in [-0.4, -0.2) is 33.7 Å². The van der Waals surface area contributed by atoms with Gasteiger partial charge < -0.3 is 4.74 Å². The van der Waals surface area contributed by atoms with E-state index in [-0.39, 0.29) is 11.9 Å². The first-order valence-corrected chi connectivity index (χ1v) is 10.0. The van der Waals surface area contributed by atoms with E-state index in [1.54, 1.807) is 36.6 Å². The quantitative estimate of drug-likeness (QED) is 0.494. The summed E-state index contributed by atoms with van der Waals surface area (Å²) >= 11 is 0. The van der Waals surface area contributed by atoms with Gasteiger partial charge in [-0.05, 0) is 41.5 Å². The van der Waals surface area contributed by atoms with Crippen molar-refractivity contribution in [2.45, 2.75) is 12.5 Å².